The minimum absolute atomic E-state index is 0.320. The van der Waals surface area contributed by atoms with Crippen LogP contribution < -0.4 is 0 Å². The number of aliphatic imine (C=N–C) groups is 1. The number of benzene rings is 1. The molecule has 0 atom stereocenters. The first-order valence-electron chi connectivity index (χ1n) is 4.91. The Morgan fingerprint density at radius 3 is 2.60 bits per heavy atom. The molecule has 3 heteroatoms. The van der Waals surface area contributed by atoms with E-state index in [1.54, 1.807) is 0 Å². The lowest BCUT2D eigenvalue weighted by molar-refractivity contribution is -0.138. The van der Waals surface area contributed by atoms with Gasteiger partial charge in [0.25, 0.3) is 0 Å². The zero-order chi connectivity index (χ0) is 10.9. The van der Waals surface area contributed by atoms with Crippen LogP contribution in [-0.2, 0) is 9.53 Å². The predicted molar refractivity (Wildman–Crippen MR) is 58.0 cm³/mol. The Morgan fingerprint density at radius 2 is 1.93 bits per heavy atom. The monoisotopic (exact) mass is 203 g/mol. The average molecular weight is 203 g/mol. The molecule has 0 bridgehead atoms. The Labute approximate surface area is 88.8 Å². The molecule has 1 aromatic rings. The van der Waals surface area contributed by atoms with E-state index < -0.39 is 0 Å². The largest absolute Gasteiger partial charge is 0.458 e. The minimum Gasteiger partial charge on any atom is -0.458 e. The molecule has 0 amide bonds. The Hall–Kier alpha value is -1.64. The molecule has 0 radical (unpaired) electrons. The van der Waals surface area contributed by atoms with E-state index in [9.17, 15) is 4.79 Å². The van der Waals surface area contributed by atoms with Crippen molar-refractivity contribution >= 4 is 11.7 Å². The zero-order valence-corrected chi connectivity index (χ0v) is 8.86. The first-order chi connectivity index (χ1) is 7.08. The van der Waals surface area contributed by atoms with Crippen LogP contribution in [0.2, 0.25) is 0 Å². The van der Waals surface area contributed by atoms with E-state index in [1.165, 1.54) is 0 Å². The van der Waals surface area contributed by atoms with Gasteiger partial charge in [0, 0.05) is 5.56 Å². The van der Waals surface area contributed by atoms with Crippen molar-refractivity contribution < 1.29 is 9.53 Å². The van der Waals surface area contributed by atoms with Crippen LogP contribution in [-0.4, -0.2) is 23.8 Å². The molecule has 1 aliphatic heterocycles. The van der Waals surface area contributed by atoms with Gasteiger partial charge in [0.1, 0.15) is 6.61 Å². The zero-order valence-electron chi connectivity index (χ0n) is 8.86. The topological polar surface area (TPSA) is 38.7 Å². The maximum Gasteiger partial charge on any atom is 0.357 e. The van der Waals surface area contributed by atoms with Crippen molar-refractivity contribution in [1.82, 2.24) is 0 Å². The Kier molecular flexibility index (Phi) is 2.31. The second-order valence-electron chi connectivity index (χ2n) is 4.22. The van der Waals surface area contributed by atoms with Crippen molar-refractivity contribution in [2.45, 2.75) is 19.4 Å². The third-order valence-electron chi connectivity index (χ3n) is 2.21. The van der Waals surface area contributed by atoms with E-state index >= 15 is 0 Å². The number of cyclic esters (lactones) is 1. The number of hydrogen-bond acceptors (Lipinski definition) is 3. The highest BCUT2D eigenvalue weighted by molar-refractivity contribution is 6.43. The fourth-order valence-corrected chi connectivity index (χ4v) is 1.47. The molecule has 0 aromatic heterocycles. The van der Waals surface area contributed by atoms with Crippen LogP contribution in [0.5, 0.6) is 0 Å². The maximum absolute atomic E-state index is 11.5. The number of nitrogens with zero attached hydrogens (tertiary/aromatic N) is 1. The van der Waals surface area contributed by atoms with E-state index in [-0.39, 0.29) is 11.5 Å². The standard InChI is InChI=1S/C12H13NO2/c1-12(2)8-15-11(14)10(13-12)9-6-4-3-5-7-9/h3-7H,8H2,1-2H3. The summed E-state index contributed by atoms with van der Waals surface area (Å²) in [5.74, 6) is -0.333. The highest BCUT2D eigenvalue weighted by Gasteiger charge is 2.29. The third-order valence-corrected chi connectivity index (χ3v) is 2.21. The average Bonchev–Trinajstić information content (AvgIpc) is 2.23. The van der Waals surface area contributed by atoms with Gasteiger partial charge >= 0.3 is 5.97 Å². The SMILES string of the molecule is CC1(C)COC(=O)C(c2ccccc2)=N1. The molecule has 2 rings (SSSR count). The number of carbonyl (C=O) groups is 1. The maximum atomic E-state index is 11.5. The van der Waals surface area contributed by atoms with Crippen molar-refractivity contribution in [3.05, 3.63) is 35.9 Å². The van der Waals surface area contributed by atoms with Gasteiger partial charge in [0.05, 0.1) is 5.54 Å². The van der Waals surface area contributed by atoms with Gasteiger partial charge in [-0.2, -0.15) is 0 Å². The van der Waals surface area contributed by atoms with E-state index in [0.717, 1.165) is 5.56 Å². The van der Waals surface area contributed by atoms with Gasteiger partial charge < -0.3 is 4.74 Å². The minimum atomic E-state index is -0.333. The van der Waals surface area contributed by atoms with Crippen LogP contribution in [0.4, 0.5) is 0 Å². The molecule has 0 unspecified atom stereocenters. The molecule has 0 saturated carbocycles. The first-order valence-corrected chi connectivity index (χ1v) is 4.91. The van der Waals surface area contributed by atoms with Gasteiger partial charge in [-0.25, -0.2) is 4.79 Å². The molecule has 0 saturated heterocycles. The van der Waals surface area contributed by atoms with Crippen LogP contribution in [0.25, 0.3) is 0 Å². The molecular weight excluding hydrogens is 190 g/mol. The quantitative estimate of drug-likeness (QED) is 0.653. The van der Waals surface area contributed by atoms with Crippen molar-refractivity contribution in [2.75, 3.05) is 6.61 Å². The molecule has 0 aliphatic carbocycles. The van der Waals surface area contributed by atoms with Crippen LogP contribution in [0.15, 0.2) is 35.3 Å². The Bertz CT molecular complexity index is 407. The summed E-state index contributed by atoms with van der Waals surface area (Å²) in [7, 11) is 0. The molecule has 15 heavy (non-hydrogen) atoms. The van der Waals surface area contributed by atoms with Crippen LogP contribution in [0.1, 0.15) is 19.4 Å². The molecule has 0 fully saturated rings. The molecule has 3 nitrogen and oxygen atoms in total. The smallest absolute Gasteiger partial charge is 0.357 e. The van der Waals surface area contributed by atoms with E-state index in [4.69, 9.17) is 4.74 Å². The molecule has 0 N–H and O–H groups in total. The van der Waals surface area contributed by atoms with Crippen molar-refractivity contribution in [1.29, 1.82) is 0 Å². The van der Waals surface area contributed by atoms with Gasteiger partial charge in [0.15, 0.2) is 5.71 Å². The molecule has 0 spiro atoms. The summed E-state index contributed by atoms with van der Waals surface area (Å²) in [5, 5.41) is 0. The van der Waals surface area contributed by atoms with Crippen LogP contribution >= 0.6 is 0 Å². The number of ether oxygens (including phenoxy) is 1. The van der Waals surface area contributed by atoms with Crippen molar-refractivity contribution in [3.63, 3.8) is 0 Å². The molecule has 78 valence electrons. The normalized spacial score (nSPS) is 19.3. The first kappa shape index (κ1) is 9.90. The number of esters is 1. The van der Waals surface area contributed by atoms with E-state index in [0.29, 0.717) is 12.3 Å². The summed E-state index contributed by atoms with van der Waals surface area (Å²) < 4.78 is 5.09. The summed E-state index contributed by atoms with van der Waals surface area (Å²) in [6, 6.07) is 9.39. The van der Waals surface area contributed by atoms with Gasteiger partial charge in [-0.1, -0.05) is 30.3 Å². The summed E-state index contributed by atoms with van der Waals surface area (Å²) in [4.78, 5) is 15.9. The molecule has 1 aliphatic rings. The lowest BCUT2D eigenvalue weighted by Crippen LogP contribution is -2.37. The predicted octanol–water partition coefficient (Wildman–Crippen LogP) is 1.81. The van der Waals surface area contributed by atoms with Crippen molar-refractivity contribution in [2.24, 2.45) is 4.99 Å². The Morgan fingerprint density at radius 1 is 1.27 bits per heavy atom. The molecule has 1 heterocycles. The lowest BCUT2D eigenvalue weighted by Gasteiger charge is -2.25. The van der Waals surface area contributed by atoms with Gasteiger partial charge in [-0.15, -0.1) is 0 Å². The number of hydrogen-bond donors (Lipinski definition) is 0. The van der Waals surface area contributed by atoms with Crippen molar-refractivity contribution in [3.8, 4) is 0 Å². The van der Waals surface area contributed by atoms with E-state index in [1.807, 2.05) is 44.2 Å². The molecule has 1 aromatic carbocycles. The highest BCUT2D eigenvalue weighted by atomic mass is 16.5. The van der Waals surface area contributed by atoms with Gasteiger partial charge in [-0.3, -0.25) is 4.99 Å². The fourth-order valence-electron chi connectivity index (χ4n) is 1.47. The number of carbonyl (C=O) groups excluding carboxylic acids is 1. The second-order valence-corrected chi connectivity index (χ2v) is 4.22. The Balaban J connectivity index is 2.43. The summed E-state index contributed by atoms with van der Waals surface area (Å²) in [6.45, 7) is 4.24. The second kappa shape index (κ2) is 3.50. The van der Waals surface area contributed by atoms with Crippen LogP contribution in [0.3, 0.4) is 0 Å². The lowest BCUT2D eigenvalue weighted by atomic mass is 10.0. The third kappa shape index (κ3) is 2.06. The fraction of sp³-hybridized carbons (Fsp3) is 0.333. The summed E-state index contributed by atoms with van der Waals surface area (Å²) in [6.07, 6.45) is 0. The van der Waals surface area contributed by atoms with Gasteiger partial charge in [0.2, 0.25) is 0 Å². The number of rotatable bonds is 1. The summed E-state index contributed by atoms with van der Waals surface area (Å²) >= 11 is 0. The molecular formula is C12H13NO2. The van der Waals surface area contributed by atoms with E-state index in [2.05, 4.69) is 4.99 Å². The van der Waals surface area contributed by atoms with Gasteiger partial charge in [-0.05, 0) is 13.8 Å². The summed E-state index contributed by atoms with van der Waals surface area (Å²) in [5.41, 5.74) is 0.918. The highest BCUT2D eigenvalue weighted by Crippen LogP contribution is 2.18. The van der Waals surface area contributed by atoms with Crippen LogP contribution in [0, 0.1) is 0 Å².